The molecule has 0 aromatic carbocycles. The third kappa shape index (κ3) is 2.51. The van der Waals surface area contributed by atoms with Crippen molar-refractivity contribution in [3.8, 4) is 6.07 Å². The number of imidazole rings is 1. The number of hydrogen-bond acceptors (Lipinski definition) is 6. The second-order valence-electron chi connectivity index (χ2n) is 5.52. The Balaban J connectivity index is 1.53. The topological polar surface area (TPSA) is 73.4 Å². The SMILES string of the molecule is N#Cc1cnc(N2CCN(c3nccn4ccnc34)CC2)c(Cl)c1. The molecule has 0 amide bonds. The summed E-state index contributed by atoms with van der Waals surface area (Å²) in [5.74, 6) is 1.61. The smallest absolute Gasteiger partial charge is 0.180 e. The van der Waals surface area contributed by atoms with Gasteiger partial charge in [-0.05, 0) is 6.07 Å². The lowest BCUT2D eigenvalue weighted by molar-refractivity contribution is 0.642. The molecule has 8 heteroatoms. The third-order valence-electron chi connectivity index (χ3n) is 4.12. The van der Waals surface area contributed by atoms with Gasteiger partial charge in [0.15, 0.2) is 11.5 Å². The van der Waals surface area contributed by atoms with Gasteiger partial charge in [-0.2, -0.15) is 5.26 Å². The van der Waals surface area contributed by atoms with Crippen molar-refractivity contribution in [2.75, 3.05) is 36.0 Å². The lowest BCUT2D eigenvalue weighted by Gasteiger charge is -2.36. The van der Waals surface area contributed by atoms with Gasteiger partial charge in [-0.3, -0.25) is 0 Å². The molecule has 0 unspecified atom stereocenters. The molecule has 1 saturated heterocycles. The van der Waals surface area contributed by atoms with Crippen LogP contribution >= 0.6 is 11.6 Å². The minimum Gasteiger partial charge on any atom is -0.352 e. The number of pyridine rings is 1. The quantitative estimate of drug-likeness (QED) is 0.710. The van der Waals surface area contributed by atoms with Crippen LogP contribution in [0.1, 0.15) is 5.56 Å². The van der Waals surface area contributed by atoms with Crippen molar-refractivity contribution in [2.45, 2.75) is 0 Å². The number of fused-ring (bicyclic) bond motifs is 1. The van der Waals surface area contributed by atoms with E-state index in [9.17, 15) is 0 Å². The first-order valence-electron chi connectivity index (χ1n) is 7.59. The van der Waals surface area contributed by atoms with Crippen molar-refractivity contribution in [3.05, 3.63) is 47.6 Å². The summed E-state index contributed by atoms with van der Waals surface area (Å²) < 4.78 is 1.97. The molecule has 1 aliphatic heterocycles. The van der Waals surface area contributed by atoms with Crippen LogP contribution in [0, 0.1) is 11.3 Å². The molecule has 0 N–H and O–H groups in total. The summed E-state index contributed by atoms with van der Waals surface area (Å²) in [7, 11) is 0. The van der Waals surface area contributed by atoms with Crippen molar-refractivity contribution in [1.29, 1.82) is 5.26 Å². The molecule has 3 aromatic heterocycles. The number of nitrogens with zero attached hydrogens (tertiary/aromatic N) is 7. The van der Waals surface area contributed by atoms with E-state index in [1.54, 1.807) is 24.7 Å². The Morgan fingerprint density at radius 3 is 2.29 bits per heavy atom. The van der Waals surface area contributed by atoms with Crippen molar-refractivity contribution >= 4 is 28.9 Å². The molecule has 120 valence electrons. The zero-order valence-corrected chi connectivity index (χ0v) is 13.6. The van der Waals surface area contributed by atoms with Crippen molar-refractivity contribution in [3.63, 3.8) is 0 Å². The molecule has 4 rings (SSSR count). The third-order valence-corrected chi connectivity index (χ3v) is 4.40. The van der Waals surface area contributed by atoms with E-state index in [0.29, 0.717) is 10.6 Å². The molecular formula is C16H14ClN7. The molecular weight excluding hydrogens is 326 g/mol. The van der Waals surface area contributed by atoms with E-state index in [1.807, 2.05) is 22.9 Å². The van der Waals surface area contributed by atoms with Gasteiger partial charge in [-0.25, -0.2) is 15.0 Å². The van der Waals surface area contributed by atoms with Crippen LogP contribution in [0.2, 0.25) is 5.02 Å². The van der Waals surface area contributed by atoms with E-state index in [0.717, 1.165) is 43.5 Å². The summed E-state index contributed by atoms with van der Waals surface area (Å²) in [6.07, 6.45) is 8.92. The molecule has 4 heterocycles. The average molecular weight is 340 g/mol. The number of nitriles is 1. The standard InChI is InChI=1S/C16H14ClN7/c17-13-9-12(10-18)11-21-14(13)23-5-7-24(8-6-23)16-15-19-1-3-22(15)4-2-20-16/h1-4,9,11H,5-8H2. The second kappa shape index (κ2) is 5.98. The van der Waals surface area contributed by atoms with Gasteiger partial charge in [0.25, 0.3) is 0 Å². The van der Waals surface area contributed by atoms with Crippen LogP contribution in [0.4, 0.5) is 11.6 Å². The van der Waals surface area contributed by atoms with E-state index in [-0.39, 0.29) is 0 Å². The fraction of sp³-hybridized carbons (Fsp3) is 0.250. The van der Waals surface area contributed by atoms with E-state index in [1.165, 1.54) is 0 Å². The van der Waals surface area contributed by atoms with Gasteiger partial charge in [0.2, 0.25) is 0 Å². The summed E-state index contributed by atoms with van der Waals surface area (Å²) in [4.78, 5) is 17.6. The Labute approximate surface area is 143 Å². The van der Waals surface area contributed by atoms with Gasteiger partial charge in [0, 0.05) is 57.2 Å². The molecule has 0 saturated carbocycles. The summed E-state index contributed by atoms with van der Waals surface area (Å²) in [5, 5.41) is 9.42. The number of rotatable bonds is 2. The maximum Gasteiger partial charge on any atom is 0.180 e. The van der Waals surface area contributed by atoms with Gasteiger partial charge in [0.05, 0.1) is 10.6 Å². The molecule has 3 aromatic rings. The highest BCUT2D eigenvalue weighted by atomic mass is 35.5. The highest BCUT2D eigenvalue weighted by Crippen LogP contribution is 2.26. The van der Waals surface area contributed by atoms with Crippen LogP contribution in [-0.4, -0.2) is 45.5 Å². The summed E-state index contributed by atoms with van der Waals surface area (Å²) in [6.45, 7) is 3.17. The van der Waals surface area contributed by atoms with Crippen LogP contribution in [-0.2, 0) is 0 Å². The first kappa shape index (κ1) is 14.7. The van der Waals surface area contributed by atoms with Gasteiger partial charge < -0.3 is 14.2 Å². The van der Waals surface area contributed by atoms with Gasteiger partial charge in [0.1, 0.15) is 11.9 Å². The van der Waals surface area contributed by atoms with Gasteiger partial charge in [-0.1, -0.05) is 11.6 Å². The predicted octanol–water partition coefficient (Wildman–Crippen LogP) is 1.98. The molecule has 0 aliphatic carbocycles. The minimum absolute atomic E-state index is 0.470. The zero-order valence-electron chi connectivity index (χ0n) is 12.8. The zero-order chi connectivity index (χ0) is 16.5. The van der Waals surface area contributed by atoms with Gasteiger partial charge >= 0.3 is 0 Å². The Hall–Kier alpha value is -2.85. The fourth-order valence-corrected chi connectivity index (χ4v) is 3.20. The number of aromatic nitrogens is 4. The molecule has 0 atom stereocenters. The highest BCUT2D eigenvalue weighted by molar-refractivity contribution is 6.33. The Morgan fingerprint density at radius 2 is 1.62 bits per heavy atom. The molecule has 0 radical (unpaired) electrons. The minimum atomic E-state index is 0.470. The maximum absolute atomic E-state index is 8.91. The number of hydrogen-bond donors (Lipinski definition) is 0. The van der Waals surface area contributed by atoms with Crippen LogP contribution in [0.5, 0.6) is 0 Å². The monoisotopic (exact) mass is 339 g/mol. The predicted molar refractivity (Wildman–Crippen MR) is 91.4 cm³/mol. The lowest BCUT2D eigenvalue weighted by Crippen LogP contribution is -2.47. The maximum atomic E-state index is 8.91. The van der Waals surface area contributed by atoms with Crippen LogP contribution in [0.15, 0.2) is 37.1 Å². The van der Waals surface area contributed by atoms with Crippen LogP contribution < -0.4 is 9.80 Å². The van der Waals surface area contributed by atoms with Crippen LogP contribution in [0.25, 0.3) is 5.65 Å². The lowest BCUT2D eigenvalue weighted by atomic mass is 10.2. The Kier molecular flexibility index (Phi) is 3.67. The molecule has 0 bridgehead atoms. The van der Waals surface area contributed by atoms with E-state index in [4.69, 9.17) is 16.9 Å². The van der Waals surface area contributed by atoms with E-state index >= 15 is 0 Å². The Bertz CT molecular complexity index is 922. The van der Waals surface area contributed by atoms with E-state index in [2.05, 4.69) is 24.8 Å². The first-order valence-corrected chi connectivity index (χ1v) is 7.97. The Morgan fingerprint density at radius 1 is 0.958 bits per heavy atom. The number of piperazine rings is 1. The first-order chi connectivity index (χ1) is 11.8. The fourth-order valence-electron chi connectivity index (χ4n) is 2.92. The average Bonchev–Trinajstić information content (AvgIpc) is 3.10. The number of anilines is 2. The number of halogens is 1. The highest BCUT2D eigenvalue weighted by Gasteiger charge is 2.22. The largest absolute Gasteiger partial charge is 0.352 e. The molecule has 0 spiro atoms. The summed E-state index contributed by atoms with van der Waals surface area (Å²) in [6, 6.07) is 3.71. The van der Waals surface area contributed by atoms with Crippen LogP contribution in [0.3, 0.4) is 0 Å². The molecule has 24 heavy (non-hydrogen) atoms. The van der Waals surface area contributed by atoms with Crippen molar-refractivity contribution in [1.82, 2.24) is 19.4 Å². The summed E-state index contributed by atoms with van der Waals surface area (Å²) in [5.41, 5.74) is 1.33. The van der Waals surface area contributed by atoms with Crippen molar-refractivity contribution < 1.29 is 0 Å². The molecule has 1 aliphatic rings. The molecule has 7 nitrogen and oxygen atoms in total. The van der Waals surface area contributed by atoms with E-state index < -0.39 is 0 Å². The summed E-state index contributed by atoms with van der Waals surface area (Å²) >= 11 is 6.26. The van der Waals surface area contributed by atoms with Crippen molar-refractivity contribution in [2.24, 2.45) is 0 Å². The van der Waals surface area contributed by atoms with Gasteiger partial charge in [-0.15, -0.1) is 0 Å². The second-order valence-corrected chi connectivity index (χ2v) is 5.93. The normalized spacial score (nSPS) is 14.8. The molecule has 1 fully saturated rings.